The molecule has 1 aliphatic carbocycles. The zero-order chi connectivity index (χ0) is 19.8. The van der Waals surface area contributed by atoms with E-state index in [1.165, 1.54) is 12.8 Å². The predicted molar refractivity (Wildman–Crippen MR) is 111 cm³/mol. The first-order valence-corrected chi connectivity index (χ1v) is 10.4. The van der Waals surface area contributed by atoms with Gasteiger partial charge in [-0.05, 0) is 67.5 Å². The molecule has 0 bridgehead atoms. The number of rotatable bonds is 5. The van der Waals surface area contributed by atoms with Crippen molar-refractivity contribution < 1.29 is 14.3 Å². The second-order valence-electron chi connectivity index (χ2n) is 8.58. The Bertz CT molecular complexity index is 923. The van der Waals surface area contributed by atoms with Crippen molar-refractivity contribution in [2.24, 2.45) is 5.41 Å². The van der Waals surface area contributed by atoms with Gasteiger partial charge in [-0.1, -0.05) is 0 Å². The minimum Gasteiger partial charge on any atom is -0.381 e. The van der Waals surface area contributed by atoms with Crippen LogP contribution < -0.4 is 10.2 Å². The molecule has 6 nitrogen and oxygen atoms in total. The summed E-state index contributed by atoms with van der Waals surface area (Å²) in [6.45, 7) is 3.51. The summed E-state index contributed by atoms with van der Waals surface area (Å²) < 4.78 is 5.52. The lowest BCUT2D eigenvalue weighted by Crippen LogP contribution is -2.59. The maximum Gasteiger partial charge on any atom is 0.259 e. The molecule has 1 N–H and O–H groups in total. The van der Waals surface area contributed by atoms with Crippen LogP contribution in [0.2, 0.25) is 0 Å². The lowest BCUT2D eigenvalue weighted by atomic mass is 9.73. The molecule has 2 aliphatic heterocycles. The molecule has 150 valence electrons. The average molecular weight is 391 g/mol. The Hall–Kier alpha value is -2.73. The second kappa shape index (κ2) is 7.26. The first kappa shape index (κ1) is 18.3. The number of hydrogen-bond donors (Lipinski definition) is 1. The number of pyridine rings is 1. The van der Waals surface area contributed by atoms with Gasteiger partial charge in [0, 0.05) is 49.2 Å². The number of carbonyl (C=O) groups excluding carboxylic acids is 2. The molecule has 29 heavy (non-hydrogen) atoms. The van der Waals surface area contributed by atoms with E-state index in [0.717, 1.165) is 56.8 Å². The molecule has 1 aromatic carbocycles. The summed E-state index contributed by atoms with van der Waals surface area (Å²) in [7, 11) is 0. The molecule has 6 heteroatoms. The van der Waals surface area contributed by atoms with Gasteiger partial charge in [-0.25, -0.2) is 4.98 Å². The highest BCUT2D eigenvalue weighted by atomic mass is 16.5. The van der Waals surface area contributed by atoms with Crippen LogP contribution in [0.15, 0.2) is 36.5 Å². The van der Waals surface area contributed by atoms with Crippen LogP contribution in [0.1, 0.15) is 57.9 Å². The molecule has 2 aromatic rings. The Morgan fingerprint density at radius 3 is 2.55 bits per heavy atom. The largest absolute Gasteiger partial charge is 0.381 e. The number of amides is 1. The quantitative estimate of drug-likeness (QED) is 0.788. The zero-order valence-electron chi connectivity index (χ0n) is 16.4. The van der Waals surface area contributed by atoms with Crippen LogP contribution in [-0.2, 0) is 4.74 Å². The highest BCUT2D eigenvalue weighted by Crippen LogP contribution is 2.44. The molecular formula is C23H25N3O3. The first-order valence-electron chi connectivity index (χ1n) is 10.4. The average Bonchev–Trinajstić information content (AvgIpc) is 3.58. The van der Waals surface area contributed by atoms with E-state index in [0.29, 0.717) is 28.1 Å². The van der Waals surface area contributed by atoms with E-state index < -0.39 is 0 Å². The third-order valence-electron chi connectivity index (χ3n) is 6.39. The number of ether oxygens (including phenoxy) is 1. The van der Waals surface area contributed by atoms with E-state index in [-0.39, 0.29) is 5.91 Å². The van der Waals surface area contributed by atoms with Gasteiger partial charge in [0.05, 0.1) is 5.56 Å². The third kappa shape index (κ3) is 3.65. The molecule has 3 aliphatic rings. The lowest BCUT2D eigenvalue weighted by Gasteiger charge is -2.53. The van der Waals surface area contributed by atoms with Gasteiger partial charge in [0.15, 0.2) is 0 Å². The number of nitrogens with one attached hydrogen (secondary N) is 1. The fourth-order valence-electron chi connectivity index (χ4n) is 4.41. The van der Waals surface area contributed by atoms with Crippen LogP contribution in [0.3, 0.4) is 0 Å². The summed E-state index contributed by atoms with van der Waals surface area (Å²) in [5.41, 5.74) is 3.36. The van der Waals surface area contributed by atoms with E-state index in [9.17, 15) is 9.59 Å². The second-order valence-corrected chi connectivity index (χ2v) is 8.58. The van der Waals surface area contributed by atoms with Crippen LogP contribution in [0.25, 0.3) is 0 Å². The summed E-state index contributed by atoms with van der Waals surface area (Å²) >= 11 is 0. The smallest absolute Gasteiger partial charge is 0.259 e. The van der Waals surface area contributed by atoms with E-state index in [2.05, 4.69) is 10.2 Å². The molecule has 0 radical (unpaired) electrons. The maximum absolute atomic E-state index is 13.1. The van der Waals surface area contributed by atoms with Crippen LogP contribution in [0.5, 0.6) is 0 Å². The van der Waals surface area contributed by atoms with Crippen molar-refractivity contribution in [2.45, 2.75) is 31.6 Å². The Morgan fingerprint density at radius 1 is 1.17 bits per heavy atom. The number of aromatic nitrogens is 1. The van der Waals surface area contributed by atoms with Crippen LogP contribution in [0.4, 0.5) is 11.5 Å². The summed E-state index contributed by atoms with van der Waals surface area (Å²) in [5, 5.41) is 2.97. The summed E-state index contributed by atoms with van der Waals surface area (Å²) in [4.78, 5) is 30.9. The predicted octanol–water partition coefficient (Wildman–Crippen LogP) is 3.64. The molecule has 3 heterocycles. The van der Waals surface area contributed by atoms with Crippen molar-refractivity contribution in [3.8, 4) is 0 Å². The van der Waals surface area contributed by atoms with Crippen molar-refractivity contribution in [3.63, 3.8) is 0 Å². The Morgan fingerprint density at radius 2 is 1.90 bits per heavy atom. The van der Waals surface area contributed by atoms with Gasteiger partial charge in [0.2, 0.25) is 0 Å². The van der Waals surface area contributed by atoms with Crippen LogP contribution in [0, 0.1) is 5.41 Å². The zero-order valence-corrected chi connectivity index (χ0v) is 16.4. The fraction of sp³-hybridized carbons (Fsp3) is 0.435. The third-order valence-corrected chi connectivity index (χ3v) is 6.39. The molecule has 1 spiro atoms. The van der Waals surface area contributed by atoms with Gasteiger partial charge < -0.3 is 15.0 Å². The van der Waals surface area contributed by atoms with E-state index in [4.69, 9.17) is 9.72 Å². The topological polar surface area (TPSA) is 71.5 Å². The van der Waals surface area contributed by atoms with Crippen molar-refractivity contribution in [2.75, 3.05) is 36.5 Å². The van der Waals surface area contributed by atoms with Gasteiger partial charge >= 0.3 is 0 Å². The SMILES string of the molecule is O=Cc1ccc(NC(=O)c2cc(C3CC3)cnc2N2CC3(CCOCC3)C2)cc1. The van der Waals surface area contributed by atoms with E-state index in [1.807, 2.05) is 12.3 Å². The number of anilines is 2. The minimum atomic E-state index is -0.151. The van der Waals surface area contributed by atoms with Gasteiger partial charge in [0.25, 0.3) is 5.91 Å². The van der Waals surface area contributed by atoms with E-state index in [1.54, 1.807) is 24.3 Å². The van der Waals surface area contributed by atoms with Crippen LogP contribution in [-0.4, -0.2) is 43.5 Å². The molecular weight excluding hydrogens is 366 g/mol. The number of carbonyl (C=O) groups is 2. The Balaban J connectivity index is 1.38. The summed E-state index contributed by atoms with van der Waals surface area (Å²) in [5.74, 6) is 1.16. The molecule has 1 aromatic heterocycles. The summed E-state index contributed by atoms with van der Waals surface area (Å²) in [6.07, 6.45) is 7.23. The van der Waals surface area contributed by atoms with Crippen molar-refractivity contribution in [3.05, 3.63) is 53.2 Å². The van der Waals surface area contributed by atoms with Crippen molar-refractivity contribution in [1.82, 2.24) is 4.98 Å². The molecule has 2 saturated heterocycles. The standard InChI is InChI=1S/C23H25N3O3/c27-13-16-1-5-19(6-2-16)25-22(28)20-11-18(17-3-4-17)12-24-21(20)26-14-23(15-26)7-9-29-10-8-23/h1-2,5-6,11-13,17H,3-4,7-10,14-15H2,(H,25,28). The summed E-state index contributed by atoms with van der Waals surface area (Å²) in [6, 6.07) is 8.92. The van der Waals surface area contributed by atoms with Gasteiger partial charge in [0.1, 0.15) is 12.1 Å². The first-order chi connectivity index (χ1) is 14.2. The Labute approximate surface area is 170 Å². The molecule has 0 atom stereocenters. The van der Waals surface area contributed by atoms with Crippen LogP contribution >= 0.6 is 0 Å². The number of benzene rings is 1. The van der Waals surface area contributed by atoms with Crippen molar-refractivity contribution in [1.29, 1.82) is 0 Å². The maximum atomic E-state index is 13.1. The minimum absolute atomic E-state index is 0.151. The molecule has 1 saturated carbocycles. The monoisotopic (exact) mass is 391 g/mol. The van der Waals surface area contributed by atoms with Gasteiger partial charge in [-0.3, -0.25) is 9.59 Å². The highest BCUT2D eigenvalue weighted by Gasteiger charge is 2.45. The molecule has 3 fully saturated rings. The lowest BCUT2D eigenvalue weighted by molar-refractivity contribution is -0.000510. The Kier molecular flexibility index (Phi) is 4.59. The molecule has 0 unspecified atom stereocenters. The molecule has 1 amide bonds. The van der Waals surface area contributed by atoms with Gasteiger partial charge in [-0.15, -0.1) is 0 Å². The normalized spacial score (nSPS) is 20.2. The highest BCUT2D eigenvalue weighted by molar-refractivity contribution is 6.08. The van der Waals surface area contributed by atoms with E-state index >= 15 is 0 Å². The van der Waals surface area contributed by atoms with Gasteiger partial charge in [-0.2, -0.15) is 0 Å². The number of aldehydes is 1. The van der Waals surface area contributed by atoms with Crippen molar-refractivity contribution >= 4 is 23.7 Å². The number of nitrogens with zero attached hydrogens (tertiary/aromatic N) is 2. The fourth-order valence-corrected chi connectivity index (χ4v) is 4.41. The number of hydrogen-bond acceptors (Lipinski definition) is 5. The molecule has 5 rings (SSSR count).